The molecule has 0 atom stereocenters. The quantitative estimate of drug-likeness (QED) is 0.171. The Hall–Kier alpha value is -7.21. The molecule has 5 heteroatoms. The van der Waals surface area contributed by atoms with Gasteiger partial charge in [-0.2, -0.15) is 0 Å². The summed E-state index contributed by atoms with van der Waals surface area (Å²) in [4.78, 5) is 15.1. The number of furan rings is 1. The maximum Gasteiger partial charge on any atom is 0.165 e. The van der Waals surface area contributed by atoms with E-state index in [0.717, 1.165) is 65.6 Å². The van der Waals surface area contributed by atoms with Crippen molar-refractivity contribution in [2.45, 2.75) is 0 Å². The third-order valence-corrected chi connectivity index (χ3v) is 11.8. The number of fused-ring (bicyclic) bond motifs is 6. The molecule has 0 N–H and O–H groups in total. The lowest BCUT2D eigenvalue weighted by atomic mass is 9.93. The molecular formula is C51H31N3OS. The zero-order valence-corrected chi connectivity index (χ0v) is 30.9. The van der Waals surface area contributed by atoms with E-state index < -0.39 is 0 Å². The molecule has 0 unspecified atom stereocenters. The number of rotatable bonds is 6. The van der Waals surface area contributed by atoms with E-state index in [1.54, 1.807) is 11.3 Å². The monoisotopic (exact) mass is 733 g/mol. The van der Waals surface area contributed by atoms with Crippen LogP contribution >= 0.6 is 11.3 Å². The van der Waals surface area contributed by atoms with Crippen molar-refractivity contribution >= 4 is 53.4 Å². The maximum atomic E-state index is 6.54. The predicted molar refractivity (Wildman–Crippen MR) is 233 cm³/mol. The molecule has 0 fully saturated rings. The minimum absolute atomic E-state index is 0.654. The normalized spacial score (nSPS) is 11.6. The van der Waals surface area contributed by atoms with Gasteiger partial charge in [-0.15, -0.1) is 11.3 Å². The van der Waals surface area contributed by atoms with Gasteiger partial charge in [0.2, 0.25) is 0 Å². The molecule has 0 amide bonds. The minimum atomic E-state index is 0.654. The molecule has 4 nitrogen and oxygen atoms in total. The molecule has 3 aromatic heterocycles. The standard InChI is InChI=1S/C51H31N3OS/c1-4-13-32(14-5-1)33-23-25-34(26-24-33)38-29-43(47-41-19-10-11-22-44(41)55-45(47)30-38)37-27-28-39-40-20-12-21-42(48(40)56-46(39)31-37)51-53-49(35-15-6-2-7-16-35)52-50(54-51)36-17-8-3-9-18-36/h1-31H. The van der Waals surface area contributed by atoms with Crippen LogP contribution in [-0.4, -0.2) is 15.0 Å². The third-order valence-electron chi connectivity index (χ3n) is 10.6. The van der Waals surface area contributed by atoms with Crippen LogP contribution in [0.15, 0.2) is 192 Å². The van der Waals surface area contributed by atoms with E-state index in [0.29, 0.717) is 17.5 Å². The Bertz CT molecular complexity index is 3170. The Morgan fingerprint density at radius 1 is 0.339 bits per heavy atom. The lowest BCUT2D eigenvalue weighted by Gasteiger charge is -2.10. The van der Waals surface area contributed by atoms with Crippen LogP contribution in [0.4, 0.5) is 0 Å². The molecule has 56 heavy (non-hydrogen) atoms. The first-order chi connectivity index (χ1) is 27.7. The van der Waals surface area contributed by atoms with Gasteiger partial charge in [0.05, 0.1) is 0 Å². The molecule has 0 saturated heterocycles. The first-order valence-corrected chi connectivity index (χ1v) is 19.5. The van der Waals surface area contributed by atoms with Crippen molar-refractivity contribution in [3.05, 3.63) is 188 Å². The van der Waals surface area contributed by atoms with Gasteiger partial charge in [-0.05, 0) is 63.7 Å². The van der Waals surface area contributed by atoms with E-state index in [1.165, 1.54) is 26.6 Å². The zero-order valence-electron chi connectivity index (χ0n) is 30.1. The van der Waals surface area contributed by atoms with Gasteiger partial charge in [-0.25, -0.2) is 15.0 Å². The van der Waals surface area contributed by atoms with Crippen LogP contribution in [0, 0.1) is 0 Å². The van der Waals surface area contributed by atoms with Crippen molar-refractivity contribution in [1.82, 2.24) is 15.0 Å². The number of benzene rings is 8. The van der Waals surface area contributed by atoms with Crippen molar-refractivity contribution in [2.24, 2.45) is 0 Å². The first-order valence-electron chi connectivity index (χ1n) is 18.7. The van der Waals surface area contributed by atoms with Crippen LogP contribution in [0.2, 0.25) is 0 Å². The van der Waals surface area contributed by atoms with Gasteiger partial charge in [0.15, 0.2) is 17.5 Å². The van der Waals surface area contributed by atoms with Gasteiger partial charge in [0.1, 0.15) is 11.2 Å². The van der Waals surface area contributed by atoms with E-state index >= 15 is 0 Å². The summed E-state index contributed by atoms with van der Waals surface area (Å²) in [5.74, 6) is 1.97. The van der Waals surface area contributed by atoms with Crippen molar-refractivity contribution in [1.29, 1.82) is 0 Å². The fraction of sp³-hybridized carbons (Fsp3) is 0. The molecule has 0 aliphatic rings. The van der Waals surface area contributed by atoms with E-state index in [9.17, 15) is 0 Å². The van der Waals surface area contributed by atoms with Gasteiger partial charge in [0, 0.05) is 47.6 Å². The Labute approximate surface area is 327 Å². The number of aromatic nitrogens is 3. The number of hydrogen-bond acceptors (Lipinski definition) is 5. The zero-order chi connectivity index (χ0) is 37.0. The van der Waals surface area contributed by atoms with Crippen LogP contribution < -0.4 is 0 Å². The van der Waals surface area contributed by atoms with Crippen molar-refractivity contribution < 1.29 is 4.42 Å². The lowest BCUT2D eigenvalue weighted by molar-refractivity contribution is 0.669. The number of thiophene rings is 1. The van der Waals surface area contributed by atoms with Crippen LogP contribution in [0.5, 0.6) is 0 Å². The molecule has 0 aliphatic carbocycles. The summed E-state index contributed by atoms with van der Waals surface area (Å²) in [5.41, 5.74) is 11.6. The summed E-state index contributed by atoms with van der Waals surface area (Å²) < 4.78 is 8.88. The Morgan fingerprint density at radius 2 is 0.893 bits per heavy atom. The van der Waals surface area contributed by atoms with Gasteiger partial charge >= 0.3 is 0 Å². The highest BCUT2D eigenvalue weighted by Crippen LogP contribution is 2.44. The Morgan fingerprint density at radius 3 is 1.59 bits per heavy atom. The van der Waals surface area contributed by atoms with Crippen molar-refractivity contribution in [3.63, 3.8) is 0 Å². The maximum absolute atomic E-state index is 6.54. The molecule has 8 aromatic carbocycles. The summed E-state index contributed by atoms with van der Waals surface area (Å²) in [6.45, 7) is 0. The van der Waals surface area contributed by atoms with Gasteiger partial charge in [-0.3, -0.25) is 0 Å². The second kappa shape index (κ2) is 13.3. The summed E-state index contributed by atoms with van der Waals surface area (Å²) in [5, 5.41) is 4.62. The first kappa shape index (κ1) is 32.2. The van der Waals surface area contributed by atoms with E-state index in [1.807, 2.05) is 66.7 Å². The molecular weight excluding hydrogens is 703 g/mol. The molecule has 11 rings (SSSR count). The molecule has 0 radical (unpaired) electrons. The Balaban J connectivity index is 1.07. The second-order valence-electron chi connectivity index (χ2n) is 14.0. The van der Waals surface area contributed by atoms with E-state index in [4.69, 9.17) is 19.4 Å². The average Bonchev–Trinajstić information content (AvgIpc) is 3.85. The number of hydrogen-bond donors (Lipinski definition) is 0. The molecule has 0 aliphatic heterocycles. The molecule has 11 aromatic rings. The summed E-state index contributed by atoms with van der Waals surface area (Å²) in [7, 11) is 0. The molecule has 0 bridgehead atoms. The Kier molecular flexibility index (Phi) is 7.64. The van der Waals surface area contributed by atoms with Crippen LogP contribution in [0.3, 0.4) is 0 Å². The van der Waals surface area contributed by atoms with E-state index in [2.05, 4.69) is 121 Å². The smallest absolute Gasteiger partial charge is 0.165 e. The fourth-order valence-electron chi connectivity index (χ4n) is 7.81. The average molecular weight is 734 g/mol. The second-order valence-corrected chi connectivity index (χ2v) is 15.0. The fourth-order valence-corrected chi connectivity index (χ4v) is 9.06. The molecule has 0 spiro atoms. The van der Waals surface area contributed by atoms with E-state index in [-0.39, 0.29) is 0 Å². The highest BCUT2D eigenvalue weighted by Gasteiger charge is 2.19. The SMILES string of the molecule is c1ccc(-c2ccc(-c3cc(-c4ccc5c(c4)sc4c(-c6nc(-c7ccccc7)nc(-c7ccccc7)n6)cccc45)c4c(c3)oc3ccccc34)cc2)cc1. The minimum Gasteiger partial charge on any atom is -0.456 e. The topological polar surface area (TPSA) is 51.8 Å². The highest BCUT2D eigenvalue weighted by atomic mass is 32.1. The lowest BCUT2D eigenvalue weighted by Crippen LogP contribution is -2.00. The van der Waals surface area contributed by atoms with Crippen LogP contribution in [0.1, 0.15) is 0 Å². The molecule has 3 heterocycles. The van der Waals surface area contributed by atoms with Crippen molar-refractivity contribution in [2.75, 3.05) is 0 Å². The van der Waals surface area contributed by atoms with Gasteiger partial charge in [0.25, 0.3) is 0 Å². The van der Waals surface area contributed by atoms with Crippen LogP contribution in [0.25, 0.3) is 110 Å². The third kappa shape index (κ3) is 5.56. The predicted octanol–water partition coefficient (Wildman–Crippen LogP) is 14.1. The van der Waals surface area contributed by atoms with Crippen LogP contribution in [-0.2, 0) is 0 Å². The number of nitrogens with zero attached hydrogens (tertiary/aromatic N) is 3. The van der Waals surface area contributed by atoms with Crippen molar-refractivity contribution in [3.8, 4) is 67.5 Å². The van der Waals surface area contributed by atoms with Gasteiger partial charge in [-0.1, -0.05) is 158 Å². The number of para-hydroxylation sites is 1. The summed E-state index contributed by atoms with van der Waals surface area (Å²) >= 11 is 1.78. The largest absolute Gasteiger partial charge is 0.456 e. The summed E-state index contributed by atoms with van der Waals surface area (Å²) in [6.07, 6.45) is 0. The molecule has 262 valence electrons. The van der Waals surface area contributed by atoms with Gasteiger partial charge < -0.3 is 4.42 Å². The molecule has 0 saturated carbocycles. The summed E-state index contributed by atoms with van der Waals surface area (Å²) in [6, 6.07) is 65.7. The highest BCUT2D eigenvalue weighted by molar-refractivity contribution is 7.26.